The highest BCUT2D eigenvalue weighted by molar-refractivity contribution is 7.92. The Kier molecular flexibility index (Phi) is 7.15. The molecule has 0 aliphatic rings. The molecule has 0 radical (unpaired) electrons. The molecule has 0 atom stereocenters. The molecule has 0 fully saturated rings. The van der Waals surface area contributed by atoms with Crippen molar-refractivity contribution in [1.82, 2.24) is 19.7 Å². The number of carbonyl (C=O) groups is 1. The minimum absolute atomic E-state index is 0.237. The molecule has 3 aromatic carbocycles. The van der Waals surface area contributed by atoms with E-state index >= 15 is 0 Å². The summed E-state index contributed by atoms with van der Waals surface area (Å²) in [5.41, 5.74) is 3.78. The zero-order valence-electron chi connectivity index (χ0n) is 24.5. The first-order chi connectivity index (χ1) is 21.3. The number of benzene rings is 3. The number of imidazole rings is 1. The quantitative estimate of drug-likeness (QED) is 0.223. The van der Waals surface area contributed by atoms with Gasteiger partial charge in [0.2, 0.25) is 10.0 Å². The third kappa shape index (κ3) is 5.39. The molecule has 0 bridgehead atoms. The van der Waals surface area contributed by atoms with Gasteiger partial charge in [0.15, 0.2) is 5.65 Å². The molecule has 6 aromatic rings. The normalized spacial score (nSPS) is 12.2. The van der Waals surface area contributed by atoms with E-state index in [2.05, 4.69) is 15.3 Å². The second kappa shape index (κ2) is 10.8. The molecule has 3 aromatic heterocycles. The highest BCUT2D eigenvalue weighted by Crippen LogP contribution is 2.41. The van der Waals surface area contributed by atoms with Gasteiger partial charge in [-0.1, -0.05) is 42.0 Å². The monoisotopic (exact) mass is 633 g/mol. The fourth-order valence-electron chi connectivity index (χ4n) is 5.11. The number of sulfonamides is 1. The fraction of sp³-hybridized carbons (Fsp3) is 0.156. The molecule has 0 aliphatic carbocycles. The summed E-state index contributed by atoms with van der Waals surface area (Å²) in [5, 5.41) is 3.09. The number of alkyl halides is 3. The van der Waals surface area contributed by atoms with Gasteiger partial charge in [-0.3, -0.25) is 18.5 Å². The van der Waals surface area contributed by atoms with Gasteiger partial charge in [-0.05, 0) is 25.1 Å². The summed E-state index contributed by atoms with van der Waals surface area (Å²) in [6.45, 7) is 1.94. The Morgan fingerprint density at radius 2 is 1.64 bits per heavy atom. The SMILES string of the molecule is CNC(=O)c1c(-c2ccc(C)cc2)oc2cc(N(C)S(C)(=O)=O)c(-c3cn4c(-c5ccc(C(F)(F)F)cc5)cnc4cn3)cc12. The average Bonchev–Trinajstić information content (AvgIpc) is 3.60. The minimum atomic E-state index is -4.48. The highest BCUT2D eigenvalue weighted by atomic mass is 32.2. The van der Waals surface area contributed by atoms with Gasteiger partial charge in [0, 0.05) is 48.4 Å². The summed E-state index contributed by atoms with van der Waals surface area (Å²) in [6.07, 6.45) is 1.20. The van der Waals surface area contributed by atoms with E-state index in [1.165, 1.54) is 38.6 Å². The van der Waals surface area contributed by atoms with Crippen LogP contribution in [0, 0.1) is 6.92 Å². The van der Waals surface area contributed by atoms with Crippen LogP contribution in [0.25, 0.3) is 50.5 Å². The minimum Gasteiger partial charge on any atom is -0.455 e. The van der Waals surface area contributed by atoms with Gasteiger partial charge in [0.1, 0.15) is 11.3 Å². The average molecular weight is 634 g/mol. The van der Waals surface area contributed by atoms with Crippen LogP contribution in [0.4, 0.5) is 18.9 Å². The molecule has 1 N–H and O–H groups in total. The maximum Gasteiger partial charge on any atom is 0.416 e. The highest BCUT2D eigenvalue weighted by Gasteiger charge is 2.30. The zero-order chi connectivity index (χ0) is 32.3. The number of carbonyl (C=O) groups excluding carboxylic acids is 1. The van der Waals surface area contributed by atoms with Gasteiger partial charge in [-0.15, -0.1) is 0 Å². The van der Waals surface area contributed by atoms with Gasteiger partial charge in [0.25, 0.3) is 5.91 Å². The number of aromatic nitrogens is 3. The maximum absolute atomic E-state index is 13.2. The van der Waals surface area contributed by atoms with Crippen molar-refractivity contribution in [3.05, 3.63) is 95.9 Å². The molecule has 0 unspecified atom stereocenters. The van der Waals surface area contributed by atoms with Crippen LogP contribution in [0.5, 0.6) is 0 Å². The standard InChI is InChI=1S/C32H26F3N5O4S/c1-18-5-7-20(8-6-18)30-29(31(41)36-2)23-13-22(25(14-27(23)44-30)39(3)45(4,42)43)24-17-40-26(15-38-28(40)16-37-24)19-9-11-21(12-10-19)32(33,34)35/h5-17H,1-4H3,(H,36,41). The summed E-state index contributed by atoms with van der Waals surface area (Å²) in [7, 11) is -0.862. The third-order valence-electron chi connectivity index (χ3n) is 7.59. The van der Waals surface area contributed by atoms with E-state index in [1.807, 2.05) is 31.2 Å². The largest absolute Gasteiger partial charge is 0.455 e. The van der Waals surface area contributed by atoms with Crippen molar-refractivity contribution in [2.45, 2.75) is 13.1 Å². The van der Waals surface area contributed by atoms with Crippen LogP contribution in [-0.2, 0) is 16.2 Å². The van der Waals surface area contributed by atoms with E-state index in [9.17, 15) is 26.4 Å². The van der Waals surface area contributed by atoms with Crippen molar-refractivity contribution in [1.29, 1.82) is 0 Å². The van der Waals surface area contributed by atoms with E-state index in [-0.39, 0.29) is 16.8 Å². The van der Waals surface area contributed by atoms with Crippen LogP contribution in [0.3, 0.4) is 0 Å². The van der Waals surface area contributed by atoms with E-state index in [0.717, 1.165) is 28.3 Å². The number of amides is 1. The van der Waals surface area contributed by atoms with Crippen molar-refractivity contribution < 1.29 is 30.8 Å². The van der Waals surface area contributed by atoms with Crippen molar-refractivity contribution in [3.8, 4) is 33.8 Å². The predicted octanol–water partition coefficient (Wildman–Crippen LogP) is 6.56. The molecule has 0 saturated heterocycles. The molecular weight excluding hydrogens is 607 g/mol. The molecule has 0 aliphatic heterocycles. The number of rotatable bonds is 6. The summed E-state index contributed by atoms with van der Waals surface area (Å²) < 4.78 is 74.0. The summed E-state index contributed by atoms with van der Waals surface area (Å²) in [5.74, 6) is -0.0841. The molecule has 230 valence electrons. The lowest BCUT2D eigenvalue weighted by atomic mass is 10.0. The van der Waals surface area contributed by atoms with Gasteiger partial charge < -0.3 is 9.73 Å². The summed E-state index contributed by atoms with van der Waals surface area (Å²) in [4.78, 5) is 22.1. The first kappa shape index (κ1) is 29.9. The van der Waals surface area contributed by atoms with Crippen LogP contribution < -0.4 is 9.62 Å². The molecule has 6 rings (SSSR count). The topological polar surface area (TPSA) is 110 Å². The maximum atomic E-state index is 13.2. The molecule has 3 heterocycles. The van der Waals surface area contributed by atoms with E-state index in [4.69, 9.17) is 4.42 Å². The van der Waals surface area contributed by atoms with Gasteiger partial charge >= 0.3 is 6.18 Å². The van der Waals surface area contributed by atoms with Crippen LogP contribution in [0.15, 0.2) is 83.7 Å². The Bertz CT molecular complexity index is 2200. The van der Waals surface area contributed by atoms with Crippen LogP contribution in [0.2, 0.25) is 0 Å². The number of nitrogens with one attached hydrogen (secondary N) is 1. The molecule has 0 spiro atoms. The summed E-state index contributed by atoms with van der Waals surface area (Å²) in [6, 6.07) is 15.4. The predicted molar refractivity (Wildman–Crippen MR) is 165 cm³/mol. The molecule has 1 amide bonds. The molecule has 45 heavy (non-hydrogen) atoms. The zero-order valence-corrected chi connectivity index (χ0v) is 25.3. The lowest BCUT2D eigenvalue weighted by Gasteiger charge is -2.20. The van der Waals surface area contributed by atoms with E-state index < -0.39 is 27.7 Å². The number of hydrogen-bond acceptors (Lipinski definition) is 6. The van der Waals surface area contributed by atoms with E-state index in [0.29, 0.717) is 44.9 Å². The van der Waals surface area contributed by atoms with Gasteiger partial charge in [-0.25, -0.2) is 13.4 Å². The Morgan fingerprint density at radius 3 is 2.27 bits per heavy atom. The number of hydrogen-bond donors (Lipinski definition) is 1. The number of aryl methyl sites for hydroxylation is 1. The van der Waals surface area contributed by atoms with Crippen molar-refractivity contribution >= 4 is 38.2 Å². The smallest absolute Gasteiger partial charge is 0.416 e. The second-order valence-corrected chi connectivity index (χ2v) is 12.6. The van der Waals surface area contributed by atoms with Gasteiger partial charge in [-0.2, -0.15) is 13.2 Å². The lowest BCUT2D eigenvalue weighted by molar-refractivity contribution is -0.137. The second-order valence-electron chi connectivity index (χ2n) is 10.6. The van der Waals surface area contributed by atoms with Crippen molar-refractivity contribution in [3.63, 3.8) is 0 Å². The Labute approximate surface area is 256 Å². The summed E-state index contributed by atoms with van der Waals surface area (Å²) >= 11 is 0. The van der Waals surface area contributed by atoms with Crippen molar-refractivity contribution in [2.24, 2.45) is 0 Å². The molecule has 9 nitrogen and oxygen atoms in total. The molecular formula is C32H26F3N5O4S. The lowest BCUT2D eigenvalue weighted by Crippen LogP contribution is -2.25. The van der Waals surface area contributed by atoms with Gasteiger partial charge in [0.05, 0.1) is 46.9 Å². The van der Waals surface area contributed by atoms with Crippen molar-refractivity contribution in [2.75, 3.05) is 24.7 Å². The van der Waals surface area contributed by atoms with E-state index in [1.54, 1.807) is 22.7 Å². The van der Waals surface area contributed by atoms with Crippen LogP contribution in [0.1, 0.15) is 21.5 Å². The number of anilines is 1. The number of fused-ring (bicyclic) bond motifs is 2. The number of nitrogens with zero attached hydrogens (tertiary/aromatic N) is 4. The first-order valence-electron chi connectivity index (χ1n) is 13.6. The van der Waals surface area contributed by atoms with Crippen LogP contribution >= 0.6 is 0 Å². The fourth-order valence-corrected chi connectivity index (χ4v) is 5.62. The Balaban J connectivity index is 1.59. The Hall–Kier alpha value is -5.17. The van der Waals surface area contributed by atoms with Crippen LogP contribution in [-0.4, -0.2) is 49.0 Å². The molecule has 13 heteroatoms. The first-order valence-corrected chi connectivity index (χ1v) is 15.5. The Morgan fingerprint density at radius 1 is 0.978 bits per heavy atom. The molecule has 0 saturated carbocycles. The number of halogens is 3. The number of furan rings is 1. The third-order valence-corrected chi connectivity index (χ3v) is 8.78.